The van der Waals surface area contributed by atoms with Gasteiger partial charge in [0.05, 0.1) is 0 Å². The van der Waals surface area contributed by atoms with Gasteiger partial charge in [-0.1, -0.05) is 47.0 Å². The average molecular weight is 240 g/mol. The molecule has 1 fully saturated rings. The van der Waals surface area contributed by atoms with Crippen LogP contribution in [0.2, 0.25) is 0 Å². The third kappa shape index (κ3) is 4.97. The zero-order valence-corrected chi connectivity index (χ0v) is 12.3. The first-order valence-electron chi connectivity index (χ1n) is 7.54. The molecule has 2 atom stereocenters. The topological polar surface area (TPSA) is 29.3 Å². The summed E-state index contributed by atoms with van der Waals surface area (Å²) in [4.78, 5) is 2.68. The van der Waals surface area contributed by atoms with E-state index in [1.165, 1.54) is 38.6 Å². The van der Waals surface area contributed by atoms with Crippen molar-refractivity contribution in [1.82, 2.24) is 4.90 Å². The van der Waals surface area contributed by atoms with Crippen LogP contribution >= 0.6 is 0 Å². The summed E-state index contributed by atoms with van der Waals surface area (Å²) >= 11 is 0. The van der Waals surface area contributed by atoms with E-state index < -0.39 is 0 Å². The Hall–Kier alpha value is -0.0800. The van der Waals surface area contributed by atoms with Crippen molar-refractivity contribution in [2.45, 2.75) is 71.9 Å². The van der Waals surface area contributed by atoms with Gasteiger partial charge in [-0.3, -0.25) is 4.90 Å². The zero-order valence-electron chi connectivity index (χ0n) is 12.3. The fourth-order valence-corrected chi connectivity index (χ4v) is 2.86. The van der Waals surface area contributed by atoms with Gasteiger partial charge in [-0.15, -0.1) is 0 Å². The van der Waals surface area contributed by atoms with E-state index in [-0.39, 0.29) is 0 Å². The molecule has 0 spiro atoms. The first-order chi connectivity index (χ1) is 8.04. The highest BCUT2D eigenvalue weighted by molar-refractivity contribution is 4.82. The molecule has 0 aliphatic heterocycles. The molecule has 2 heteroatoms. The van der Waals surface area contributed by atoms with Crippen molar-refractivity contribution < 1.29 is 0 Å². The third-order valence-electron chi connectivity index (χ3n) is 4.26. The van der Waals surface area contributed by atoms with Crippen LogP contribution in [0.1, 0.15) is 59.8 Å². The summed E-state index contributed by atoms with van der Waals surface area (Å²) in [6.07, 6.45) is 6.80. The monoisotopic (exact) mass is 240 g/mol. The maximum atomic E-state index is 6.33. The van der Waals surface area contributed by atoms with Crippen molar-refractivity contribution in [3.63, 3.8) is 0 Å². The van der Waals surface area contributed by atoms with Crippen LogP contribution in [-0.2, 0) is 0 Å². The maximum Gasteiger partial charge on any atom is 0.0193 e. The predicted molar refractivity (Wildman–Crippen MR) is 76.1 cm³/mol. The van der Waals surface area contributed by atoms with Crippen LogP contribution in [-0.4, -0.2) is 30.1 Å². The molecule has 0 radical (unpaired) electrons. The van der Waals surface area contributed by atoms with E-state index >= 15 is 0 Å². The van der Waals surface area contributed by atoms with Crippen LogP contribution in [0.4, 0.5) is 0 Å². The van der Waals surface area contributed by atoms with Crippen LogP contribution in [0.15, 0.2) is 0 Å². The molecule has 0 aromatic heterocycles. The molecule has 2 nitrogen and oxygen atoms in total. The molecule has 1 saturated carbocycles. The fourth-order valence-electron chi connectivity index (χ4n) is 2.86. The van der Waals surface area contributed by atoms with Crippen LogP contribution in [0.25, 0.3) is 0 Å². The van der Waals surface area contributed by atoms with E-state index in [4.69, 9.17) is 5.73 Å². The largest absolute Gasteiger partial charge is 0.326 e. The van der Waals surface area contributed by atoms with E-state index in [0.29, 0.717) is 12.0 Å². The minimum atomic E-state index is 0.347. The van der Waals surface area contributed by atoms with E-state index in [2.05, 4.69) is 32.6 Å². The van der Waals surface area contributed by atoms with Crippen molar-refractivity contribution in [3.05, 3.63) is 0 Å². The Morgan fingerprint density at radius 1 is 1.12 bits per heavy atom. The molecule has 17 heavy (non-hydrogen) atoms. The highest BCUT2D eigenvalue weighted by Gasteiger charge is 2.25. The highest BCUT2D eigenvalue weighted by atomic mass is 15.2. The Morgan fingerprint density at radius 3 is 2.18 bits per heavy atom. The van der Waals surface area contributed by atoms with Crippen molar-refractivity contribution in [2.24, 2.45) is 17.6 Å². The highest BCUT2D eigenvalue weighted by Crippen LogP contribution is 2.25. The first kappa shape index (κ1) is 15.0. The summed E-state index contributed by atoms with van der Waals surface area (Å²) in [7, 11) is 0. The van der Waals surface area contributed by atoms with Gasteiger partial charge < -0.3 is 5.73 Å². The van der Waals surface area contributed by atoms with Crippen molar-refractivity contribution in [3.8, 4) is 0 Å². The van der Waals surface area contributed by atoms with E-state index in [9.17, 15) is 0 Å². The van der Waals surface area contributed by atoms with Gasteiger partial charge in [0.25, 0.3) is 0 Å². The van der Waals surface area contributed by atoms with Crippen LogP contribution in [0, 0.1) is 11.8 Å². The van der Waals surface area contributed by atoms with Gasteiger partial charge in [0.2, 0.25) is 0 Å². The smallest absolute Gasteiger partial charge is 0.0193 e. The predicted octanol–water partition coefficient (Wildman–Crippen LogP) is 3.26. The van der Waals surface area contributed by atoms with Gasteiger partial charge in [-0.05, 0) is 24.7 Å². The fraction of sp³-hybridized carbons (Fsp3) is 1.00. The number of nitrogens with zero attached hydrogens (tertiary/aromatic N) is 1. The summed E-state index contributed by atoms with van der Waals surface area (Å²) in [6, 6.07) is 1.16. The normalized spacial score (nSPS) is 21.4. The molecular formula is C15H32N2. The second kappa shape index (κ2) is 7.38. The lowest BCUT2D eigenvalue weighted by atomic mass is 9.98. The van der Waals surface area contributed by atoms with Gasteiger partial charge in [0, 0.05) is 25.2 Å². The standard InChI is InChI=1S/C15H32N2/c1-5-13(4)15(16)11-17(10-12(2)3)14-8-6-7-9-14/h12-15H,5-11,16H2,1-4H3. The van der Waals surface area contributed by atoms with E-state index in [1.54, 1.807) is 0 Å². The molecule has 2 unspecified atom stereocenters. The second-order valence-corrected chi connectivity index (χ2v) is 6.34. The first-order valence-corrected chi connectivity index (χ1v) is 7.54. The van der Waals surface area contributed by atoms with Gasteiger partial charge in [0.15, 0.2) is 0 Å². The summed E-state index contributed by atoms with van der Waals surface area (Å²) in [5.41, 5.74) is 6.33. The molecule has 1 rings (SSSR count). The third-order valence-corrected chi connectivity index (χ3v) is 4.26. The molecule has 1 aliphatic carbocycles. The number of hydrogen-bond acceptors (Lipinski definition) is 2. The van der Waals surface area contributed by atoms with E-state index in [1.807, 2.05) is 0 Å². The number of rotatable bonds is 7. The lowest BCUT2D eigenvalue weighted by Gasteiger charge is -2.34. The molecule has 1 aliphatic rings. The second-order valence-electron chi connectivity index (χ2n) is 6.34. The van der Waals surface area contributed by atoms with Crippen molar-refractivity contribution >= 4 is 0 Å². The summed E-state index contributed by atoms with van der Waals surface area (Å²) in [5.74, 6) is 1.39. The minimum absolute atomic E-state index is 0.347. The lowest BCUT2D eigenvalue weighted by Crippen LogP contribution is -2.46. The van der Waals surface area contributed by atoms with Gasteiger partial charge in [-0.2, -0.15) is 0 Å². The Morgan fingerprint density at radius 2 is 1.71 bits per heavy atom. The molecule has 0 aromatic carbocycles. The zero-order chi connectivity index (χ0) is 12.8. The summed E-state index contributed by atoms with van der Waals surface area (Å²) in [5, 5.41) is 0. The quantitative estimate of drug-likeness (QED) is 0.740. The number of hydrogen-bond donors (Lipinski definition) is 1. The SMILES string of the molecule is CCC(C)C(N)CN(CC(C)C)C1CCCC1. The van der Waals surface area contributed by atoms with Gasteiger partial charge >= 0.3 is 0 Å². The average Bonchev–Trinajstić information content (AvgIpc) is 2.79. The Bertz CT molecular complexity index is 197. The molecule has 0 saturated heterocycles. The van der Waals surface area contributed by atoms with Crippen molar-refractivity contribution in [1.29, 1.82) is 0 Å². The Labute approximate surface area is 108 Å². The Kier molecular flexibility index (Phi) is 6.50. The minimum Gasteiger partial charge on any atom is -0.326 e. The number of nitrogens with two attached hydrogens (primary N) is 1. The maximum absolute atomic E-state index is 6.33. The molecular weight excluding hydrogens is 208 g/mol. The van der Waals surface area contributed by atoms with E-state index in [0.717, 1.165) is 18.5 Å². The van der Waals surface area contributed by atoms with Crippen LogP contribution in [0.5, 0.6) is 0 Å². The Balaban J connectivity index is 2.50. The molecule has 0 amide bonds. The summed E-state index contributed by atoms with van der Waals surface area (Å²) < 4.78 is 0. The van der Waals surface area contributed by atoms with Crippen LogP contribution in [0.3, 0.4) is 0 Å². The summed E-state index contributed by atoms with van der Waals surface area (Å²) in [6.45, 7) is 11.5. The van der Waals surface area contributed by atoms with Gasteiger partial charge in [0.1, 0.15) is 0 Å². The van der Waals surface area contributed by atoms with Crippen molar-refractivity contribution in [2.75, 3.05) is 13.1 Å². The molecule has 2 N–H and O–H groups in total. The molecule has 0 heterocycles. The van der Waals surface area contributed by atoms with Gasteiger partial charge in [-0.25, -0.2) is 0 Å². The lowest BCUT2D eigenvalue weighted by molar-refractivity contribution is 0.154. The van der Waals surface area contributed by atoms with Crippen LogP contribution < -0.4 is 5.73 Å². The molecule has 0 aromatic rings. The molecule has 102 valence electrons. The molecule has 0 bridgehead atoms.